The zero-order valence-corrected chi connectivity index (χ0v) is 13.7. The maximum absolute atomic E-state index is 10.6. The molecule has 3 heterocycles. The molecule has 4 rings (SSSR count). The summed E-state index contributed by atoms with van der Waals surface area (Å²) in [5, 5.41) is 10.7. The van der Waals surface area contributed by atoms with E-state index in [2.05, 4.69) is 15.3 Å². The molecule has 2 bridgehead atoms. The monoisotopic (exact) mass is 369 g/mol. The lowest BCUT2D eigenvalue weighted by Gasteiger charge is -2.29. The Morgan fingerprint density at radius 2 is 1.73 bits per heavy atom. The first-order chi connectivity index (χ1) is 12.3. The highest BCUT2D eigenvalue weighted by Crippen LogP contribution is 2.29. The molecule has 2 fully saturated rings. The number of rotatable bonds is 2. The lowest BCUT2D eigenvalue weighted by atomic mass is 10.0. The second-order valence-electron chi connectivity index (χ2n) is 6.35. The van der Waals surface area contributed by atoms with Gasteiger partial charge in [0, 0.05) is 12.1 Å². The number of para-hydroxylation sites is 2. The fourth-order valence-electron chi connectivity index (χ4n) is 3.27. The molecule has 0 amide bonds. The number of fused-ring (bicyclic) bond motifs is 3. The van der Waals surface area contributed by atoms with Crippen molar-refractivity contribution in [3.63, 3.8) is 0 Å². The molecular weight excluding hydrogens is 351 g/mol. The summed E-state index contributed by atoms with van der Waals surface area (Å²) in [6.45, 7) is 0. The third kappa shape index (κ3) is 4.60. The van der Waals surface area contributed by atoms with Crippen molar-refractivity contribution in [3.8, 4) is 5.88 Å². The molecule has 2 N–H and O–H groups in total. The van der Waals surface area contributed by atoms with Crippen molar-refractivity contribution in [2.24, 2.45) is 0 Å². The molecule has 0 spiro atoms. The van der Waals surface area contributed by atoms with Crippen LogP contribution in [0.25, 0.3) is 11.0 Å². The SMILES string of the molecule is O=C(O)C(F)(F)F.c1ccc2nc(O[C@@H]3C[C@H]4CC[C@@H](C3)N4)cnc2c1. The number of ether oxygens (including phenoxy) is 1. The molecule has 26 heavy (non-hydrogen) atoms. The van der Waals surface area contributed by atoms with Crippen molar-refractivity contribution in [3.05, 3.63) is 30.5 Å². The number of carboxylic acids is 1. The molecule has 140 valence electrons. The Morgan fingerprint density at radius 1 is 1.15 bits per heavy atom. The van der Waals surface area contributed by atoms with Crippen LogP contribution >= 0.6 is 0 Å². The van der Waals surface area contributed by atoms with E-state index in [4.69, 9.17) is 14.6 Å². The van der Waals surface area contributed by atoms with Crippen LogP contribution in [0.4, 0.5) is 13.2 Å². The molecule has 0 aliphatic carbocycles. The van der Waals surface area contributed by atoms with Gasteiger partial charge in [0.25, 0.3) is 0 Å². The quantitative estimate of drug-likeness (QED) is 0.847. The third-order valence-corrected chi connectivity index (χ3v) is 4.39. The maximum Gasteiger partial charge on any atom is 0.490 e. The number of carboxylic acid groups (broad SMARTS) is 1. The molecule has 2 aromatic rings. The first kappa shape index (κ1) is 18.4. The summed E-state index contributed by atoms with van der Waals surface area (Å²) in [7, 11) is 0. The topological polar surface area (TPSA) is 84.3 Å². The molecule has 1 aromatic carbocycles. The molecule has 9 heteroatoms. The number of nitrogens with one attached hydrogen (secondary N) is 1. The van der Waals surface area contributed by atoms with Gasteiger partial charge < -0.3 is 15.2 Å². The normalized spacial score (nSPS) is 24.7. The van der Waals surface area contributed by atoms with Gasteiger partial charge in [-0.1, -0.05) is 12.1 Å². The Labute approximate surface area is 147 Å². The fraction of sp³-hybridized carbons (Fsp3) is 0.471. The van der Waals surface area contributed by atoms with Gasteiger partial charge in [0.1, 0.15) is 6.10 Å². The van der Waals surface area contributed by atoms with Gasteiger partial charge in [0.05, 0.1) is 17.2 Å². The van der Waals surface area contributed by atoms with Crippen LogP contribution in [-0.4, -0.2) is 45.4 Å². The van der Waals surface area contributed by atoms with Gasteiger partial charge in [-0.2, -0.15) is 13.2 Å². The van der Waals surface area contributed by atoms with Crippen LogP contribution in [0.1, 0.15) is 25.7 Å². The van der Waals surface area contributed by atoms with Crippen LogP contribution in [-0.2, 0) is 4.79 Å². The minimum Gasteiger partial charge on any atom is -0.475 e. The summed E-state index contributed by atoms with van der Waals surface area (Å²) in [4.78, 5) is 17.8. The molecule has 0 unspecified atom stereocenters. The summed E-state index contributed by atoms with van der Waals surface area (Å²) in [6, 6.07) is 9.17. The maximum atomic E-state index is 10.6. The van der Waals surface area contributed by atoms with E-state index in [1.165, 1.54) is 12.8 Å². The van der Waals surface area contributed by atoms with Crippen molar-refractivity contribution in [1.29, 1.82) is 0 Å². The zero-order chi connectivity index (χ0) is 18.7. The number of aliphatic carboxylic acids is 1. The number of alkyl halides is 3. The number of carbonyl (C=O) groups is 1. The molecule has 2 saturated heterocycles. The molecule has 0 saturated carbocycles. The molecule has 3 atom stereocenters. The summed E-state index contributed by atoms with van der Waals surface area (Å²) in [6.07, 6.45) is 1.69. The van der Waals surface area contributed by atoms with Gasteiger partial charge in [0.2, 0.25) is 5.88 Å². The number of aromatic nitrogens is 2. The predicted octanol–water partition coefficient (Wildman–Crippen LogP) is 2.92. The van der Waals surface area contributed by atoms with Gasteiger partial charge in [-0.05, 0) is 37.8 Å². The Morgan fingerprint density at radius 3 is 2.31 bits per heavy atom. The van der Waals surface area contributed by atoms with E-state index in [0.717, 1.165) is 23.9 Å². The van der Waals surface area contributed by atoms with Gasteiger partial charge >= 0.3 is 12.1 Å². The number of hydrogen-bond acceptors (Lipinski definition) is 5. The van der Waals surface area contributed by atoms with Gasteiger partial charge in [-0.3, -0.25) is 0 Å². The van der Waals surface area contributed by atoms with Crippen molar-refractivity contribution in [2.75, 3.05) is 0 Å². The van der Waals surface area contributed by atoms with E-state index < -0.39 is 12.1 Å². The van der Waals surface area contributed by atoms with Crippen molar-refractivity contribution < 1.29 is 27.8 Å². The van der Waals surface area contributed by atoms with E-state index in [0.29, 0.717) is 18.0 Å². The zero-order valence-electron chi connectivity index (χ0n) is 13.7. The Bertz CT molecular complexity index is 772. The third-order valence-electron chi connectivity index (χ3n) is 4.39. The molecular formula is C17H18F3N3O3. The molecule has 0 radical (unpaired) electrons. The van der Waals surface area contributed by atoms with E-state index in [1.807, 2.05) is 24.3 Å². The average molecular weight is 369 g/mol. The highest BCUT2D eigenvalue weighted by Gasteiger charge is 2.38. The molecule has 6 nitrogen and oxygen atoms in total. The van der Waals surface area contributed by atoms with Crippen LogP contribution in [0.15, 0.2) is 30.5 Å². The number of benzene rings is 1. The predicted molar refractivity (Wildman–Crippen MR) is 86.8 cm³/mol. The summed E-state index contributed by atoms with van der Waals surface area (Å²) >= 11 is 0. The molecule has 1 aromatic heterocycles. The lowest BCUT2D eigenvalue weighted by Crippen LogP contribution is -2.42. The number of halogens is 3. The van der Waals surface area contributed by atoms with Crippen molar-refractivity contribution in [2.45, 2.75) is 50.0 Å². The van der Waals surface area contributed by atoms with E-state index in [-0.39, 0.29) is 6.10 Å². The second kappa shape index (κ2) is 7.45. The highest BCUT2D eigenvalue weighted by molar-refractivity contribution is 5.74. The first-order valence-electron chi connectivity index (χ1n) is 8.26. The smallest absolute Gasteiger partial charge is 0.475 e. The van der Waals surface area contributed by atoms with Crippen LogP contribution in [0, 0.1) is 0 Å². The standard InChI is InChI=1S/C15H17N3O.C2HF3O2/c1-2-4-14-13(3-1)16-9-15(18-14)19-12-7-10-5-6-11(8-12)17-10;3-2(4,5)1(6)7/h1-4,9-12,17H,5-8H2;(H,6,7)/t10-,11+,12-;. The lowest BCUT2D eigenvalue weighted by molar-refractivity contribution is -0.192. The molecule has 2 aliphatic heterocycles. The Hall–Kier alpha value is -2.42. The minimum absolute atomic E-state index is 0.286. The van der Waals surface area contributed by atoms with E-state index in [9.17, 15) is 13.2 Å². The summed E-state index contributed by atoms with van der Waals surface area (Å²) < 4.78 is 37.8. The van der Waals surface area contributed by atoms with E-state index in [1.54, 1.807) is 6.20 Å². The van der Waals surface area contributed by atoms with Gasteiger partial charge in [-0.25, -0.2) is 14.8 Å². The number of piperidine rings is 1. The Balaban J connectivity index is 0.000000242. The van der Waals surface area contributed by atoms with Crippen LogP contribution in [0.3, 0.4) is 0 Å². The van der Waals surface area contributed by atoms with Crippen LogP contribution in [0.5, 0.6) is 5.88 Å². The second-order valence-corrected chi connectivity index (χ2v) is 6.35. The highest BCUT2D eigenvalue weighted by atomic mass is 19.4. The summed E-state index contributed by atoms with van der Waals surface area (Å²) in [5.41, 5.74) is 1.82. The number of nitrogens with zero attached hydrogens (tertiary/aromatic N) is 2. The van der Waals surface area contributed by atoms with Crippen LogP contribution in [0.2, 0.25) is 0 Å². The Kier molecular flexibility index (Phi) is 5.26. The molecule has 2 aliphatic rings. The number of hydrogen-bond donors (Lipinski definition) is 2. The fourth-order valence-corrected chi connectivity index (χ4v) is 3.27. The minimum atomic E-state index is -5.08. The average Bonchev–Trinajstić information content (AvgIpc) is 2.93. The van der Waals surface area contributed by atoms with Gasteiger partial charge in [-0.15, -0.1) is 0 Å². The van der Waals surface area contributed by atoms with Crippen molar-refractivity contribution in [1.82, 2.24) is 15.3 Å². The van der Waals surface area contributed by atoms with E-state index >= 15 is 0 Å². The largest absolute Gasteiger partial charge is 0.490 e. The summed E-state index contributed by atoms with van der Waals surface area (Å²) in [5.74, 6) is -2.10. The first-order valence-corrected chi connectivity index (χ1v) is 8.26. The van der Waals surface area contributed by atoms with Crippen molar-refractivity contribution >= 4 is 17.0 Å². The van der Waals surface area contributed by atoms with Gasteiger partial charge in [0.15, 0.2) is 0 Å². The van der Waals surface area contributed by atoms with Crippen LogP contribution < -0.4 is 10.1 Å².